The van der Waals surface area contributed by atoms with Gasteiger partial charge in [0.15, 0.2) is 0 Å². The van der Waals surface area contributed by atoms with Gasteiger partial charge in [-0.15, -0.1) is 5.10 Å². The number of amides is 1. The van der Waals surface area contributed by atoms with Crippen molar-refractivity contribution in [3.8, 4) is 0 Å². The van der Waals surface area contributed by atoms with Crippen LogP contribution in [0.5, 0.6) is 0 Å². The maximum atomic E-state index is 10.9. The second-order valence-corrected chi connectivity index (χ2v) is 9.23. The molecule has 33 heavy (non-hydrogen) atoms. The van der Waals surface area contributed by atoms with Crippen LogP contribution in [0.15, 0.2) is 17.4 Å². The number of nitrogens with one attached hydrogen (secondary N) is 1. The van der Waals surface area contributed by atoms with Crippen LogP contribution in [0.1, 0.15) is 85.8 Å². The lowest BCUT2D eigenvalue weighted by Crippen LogP contribution is -2.35. The van der Waals surface area contributed by atoms with Gasteiger partial charge < -0.3 is 20.6 Å². The van der Waals surface area contributed by atoms with Crippen molar-refractivity contribution in [1.82, 2.24) is 15.0 Å². The minimum absolute atomic E-state index is 0.0948. The number of nitrogens with two attached hydrogens (primary N) is 1. The summed E-state index contributed by atoms with van der Waals surface area (Å²) in [4.78, 5) is 15.4. The number of unbranched alkanes of at least 4 members (excludes halogenated alkanes) is 1. The first kappa shape index (κ1) is 28.6. The van der Waals surface area contributed by atoms with E-state index in [0.717, 1.165) is 37.8 Å². The highest BCUT2D eigenvalue weighted by atomic mass is 16.5. The molecule has 9 nitrogen and oxygen atoms in total. The molecule has 0 aliphatic carbocycles. The van der Waals surface area contributed by atoms with Gasteiger partial charge in [0.1, 0.15) is 12.3 Å². The van der Waals surface area contributed by atoms with Crippen molar-refractivity contribution in [3.05, 3.63) is 18.1 Å². The van der Waals surface area contributed by atoms with Crippen molar-refractivity contribution in [3.63, 3.8) is 0 Å². The topological polar surface area (TPSA) is 128 Å². The van der Waals surface area contributed by atoms with E-state index in [1.807, 2.05) is 27.0 Å². The molecule has 3 N–H and O–H groups in total. The molecule has 1 rings (SSSR count). The van der Waals surface area contributed by atoms with Crippen LogP contribution in [0.25, 0.3) is 5.57 Å². The van der Waals surface area contributed by atoms with Gasteiger partial charge in [-0.2, -0.15) is 0 Å². The number of hydrogen-bond acceptors (Lipinski definition) is 7. The molecule has 186 valence electrons. The second kappa shape index (κ2) is 14.0. The highest BCUT2D eigenvalue weighted by Crippen LogP contribution is 2.23. The molecule has 0 fully saturated rings. The largest absolute Gasteiger partial charge is 0.375 e. The van der Waals surface area contributed by atoms with Crippen LogP contribution < -0.4 is 5.73 Å². The molecule has 1 heterocycles. The fourth-order valence-corrected chi connectivity index (χ4v) is 2.98. The standard InChI is InChI=1S/C24H42N6O3/c1-7-9-10-19(3)27-16-20(15-25)21-17-30(29-28-21)13-11-24(6,8-2)32-14-12-23(4,5)33-18-22(26)31/h15-17,25H,7-14,18H2,1-6H3,(H2,26,31)/b20-16+,25-15?,27-19?. The molecule has 1 aromatic rings. The number of aliphatic imine (C=N–C) groups is 1. The number of ether oxygens (including phenoxy) is 2. The second-order valence-electron chi connectivity index (χ2n) is 9.23. The number of rotatable bonds is 17. The molecule has 0 saturated heterocycles. The number of nitrogens with zero attached hydrogens (tertiary/aromatic N) is 4. The molecule has 0 bridgehead atoms. The fourth-order valence-electron chi connectivity index (χ4n) is 2.98. The molecule has 1 amide bonds. The summed E-state index contributed by atoms with van der Waals surface area (Å²) in [7, 11) is 0. The number of primary amides is 1. The van der Waals surface area contributed by atoms with Crippen molar-refractivity contribution in [2.24, 2.45) is 10.7 Å². The number of hydrogen-bond donors (Lipinski definition) is 2. The van der Waals surface area contributed by atoms with E-state index in [1.165, 1.54) is 6.21 Å². The van der Waals surface area contributed by atoms with Crippen molar-refractivity contribution >= 4 is 23.4 Å². The lowest BCUT2D eigenvalue weighted by atomic mass is 9.98. The highest BCUT2D eigenvalue weighted by Gasteiger charge is 2.26. The van der Waals surface area contributed by atoms with E-state index in [1.54, 1.807) is 10.9 Å². The quantitative estimate of drug-likeness (QED) is 0.336. The van der Waals surface area contributed by atoms with E-state index in [0.29, 0.717) is 30.8 Å². The summed E-state index contributed by atoms with van der Waals surface area (Å²) >= 11 is 0. The van der Waals surface area contributed by atoms with E-state index in [2.05, 4.69) is 36.1 Å². The first-order chi connectivity index (χ1) is 15.5. The summed E-state index contributed by atoms with van der Waals surface area (Å²) in [5.74, 6) is -0.478. The highest BCUT2D eigenvalue weighted by molar-refractivity contribution is 6.07. The predicted molar refractivity (Wildman–Crippen MR) is 133 cm³/mol. The van der Waals surface area contributed by atoms with Crippen LogP contribution in [-0.4, -0.2) is 57.2 Å². The molecular weight excluding hydrogens is 420 g/mol. The van der Waals surface area contributed by atoms with Crippen molar-refractivity contribution < 1.29 is 14.3 Å². The monoisotopic (exact) mass is 462 g/mol. The van der Waals surface area contributed by atoms with Gasteiger partial charge in [0.25, 0.3) is 0 Å². The molecule has 1 unspecified atom stereocenters. The van der Waals surface area contributed by atoms with Gasteiger partial charge in [0, 0.05) is 30.2 Å². The van der Waals surface area contributed by atoms with E-state index in [9.17, 15) is 4.79 Å². The Morgan fingerprint density at radius 1 is 1.27 bits per heavy atom. The van der Waals surface area contributed by atoms with Crippen LogP contribution in [-0.2, 0) is 20.8 Å². The average Bonchev–Trinajstić information content (AvgIpc) is 3.24. The maximum absolute atomic E-state index is 10.9. The smallest absolute Gasteiger partial charge is 0.243 e. The van der Waals surface area contributed by atoms with Gasteiger partial charge in [-0.3, -0.25) is 14.5 Å². The Balaban J connectivity index is 2.66. The van der Waals surface area contributed by atoms with Gasteiger partial charge in [0.2, 0.25) is 5.91 Å². The lowest BCUT2D eigenvalue weighted by molar-refractivity contribution is -0.131. The molecule has 0 aliphatic rings. The molecule has 1 atom stereocenters. The van der Waals surface area contributed by atoms with E-state index in [4.69, 9.17) is 20.6 Å². The normalized spacial score (nSPS) is 14.8. The van der Waals surface area contributed by atoms with Crippen LogP contribution >= 0.6 is 0 Å². The maximum Gasteiger partial charge on any atom is 0.243 e. The summed E-state index contributed by atoms with van der Waals surface area (Å²) in [6.07, 6.45) is 10.2. The van der Waals surface area contributed by atoms with Crippen LogP contribution in [0.3, 0.4) is 0 Å². The summed E-state index contributed by atoms with van der Waals surface area (Å²) in [5, 5.41) is 16.1. The Labute approximate surface area is 198 Å². The van der Waals surface area contributed by atoms with Crippen LogP contribution in [0.2, 0.25) is 0 Å². The van der Waals surface area contributed by atoms with Gasteiger partial charge >= 0.3 is 0 Å². The zero-order chi connectivity index (χ0) is 24.9. The van der Waals surface area contributed by atoms with E-state index in [-0.39, 0.29) is 12.2 Å². The molecule has 0 aliphatic heterocycles. The Morgan fingerprint density at radius 3 is 2.61 bits per heavy atom. The third-order valence-corrected chi connectivity index (χ3v) is 5.68. The first-order valence-electron chi connectivity index (χ1n) is 11.7. The lowest BCUT2D eigenvalue weighted by Gasteiger charge is -2.31. The molecule has 0 spiro atoms. The average molecular weight is 463 g/mol. The minimum atomic E-state index is -0.489. The molecule has 9 heteroatoms. The summed E-state index contributed by atoms with van der Waals surface area (Å²) in [5.41, 5.74) is 6.65. The Morgan fingerprint density at radius 2 is 2.00 bits per heavy atom. The van der Waals surface area contributed by atoms with Crippen molar-refractivity contribution in [2.45, 2.75) is 97.8 Å². The number of aromatic nitrogens is 3. The fraction of sp³-hybridized carbons (Fsp3) is 0.708. The van der Waals surface area contributed by atoms with Crippen LogP contribution in [0, 0.1) is 5.41 Å². The molecular formula is C24H42N6O3. The van der Waals surface area contributed by atoms with Gasteiger partial charge in [-0.25, -0.2) is 0 Å². The number of allylic oxidation sites excluding steroid dienone is 1. The third kappa shape index (κ3) is 11.3. The predicted octanol–water partition coefficient (Wildman–Crippen LogP) is 4.17. The summed E-state index contributed by atoms with van der Waals surface area (Å²) < 4.78 is 13.5. The molecule has 1 aromatic heterocycles. The SMILES string of the molecule is CCCCC(C)=N/C=C(\C=N)c1cn(CCC(C)(CC)OCCC(C)(C)OCC(N)=O)nn1. The van der Waals surface area contributed by atoms with Crippen molar-refractivity contribution in [1.29, 1.82) is 5.41 Å². The minimum Gasteiger partial charge on any atom is -0.375 e. The van der Waals surface area contributed by atoms with Gasteiger partial charge in [0.05, 0.1) is 24.0 Å². The number of carbonyl (C=O) groups is 1. The number of carbonyl (C=O) groups excluding carboxylic acids is 1. The third-order valence-electron chi connectivity index (χ3n) is 5.68. The van der Waals surface area contributed by atoms with Gasteiger partial charge in [-0.05, 0) is 59.8 Å². The van der Waals surface area contributed by atoms with Gasteiger partial charge in [-0.1, -0.05) is 25.5 Å². The summed E-state index contributed by atoms with van der Waals surface area (Å²) in [6.45, 7) is 13.2. The molecule has 0 radical (unpaired) electrons. The zero-order valence-corrected chi connectivity index (χ0v) is 21.2. The van der Waals surface area contributed by atoms with E-state index >= 15 is 0 Å². The Kier molecular flexibility index (Phi) is 12.2. The Hall–Kier alpha value is -2.39. The first-order valence-corrected chi connectivity index (χ1v) is 11.7. The molecule has 0 saturated carbocycles. The summed E-state index contributed by atoms with van der Waals surface area (Å²) in [6, 6.07) is 0. The zero-order valence-electron chi connectivity index (χ0n) is 21.2. The van der Waals surface area contributed by atoms with E-state index < -0.39 is 11.5 Å². The van der Waals surface area contributed by atoms with Crippen LogP contribution in [0.4, 0.5) is 0 Å². The number of aryl methyl sites for hydroxylation is 1. The van der Waals surface area contributed by atoms with Crippen molar-refractivity contribution in [2.75, 3.05) is 13.2 Å². The Bertz CT molecular complexity index is 815. The molecule has 0 aromatic carbocycles.